The van der Waals surface area contributed by atoms with E-state index in [0.717, 1.165) is 22.7 Å². The molecule has 9 heteroatoms. The molecule has 0 atom stereocenters. The second kappa shape index (κ2) is 8.45. The molecule has 0 aliphatic rings. The van der Waals surface area contributed by atoms with Crippen molar-refractivity contribution >= 4 is 46.3 Å². The molecule has 2 aromatic heterocycles. The molecule has 0 bridgehead atoms. The molecule has 2 aromatic carbocycles. The van der Waals surface area contributed by atoms with E-state index in [1.54, 1.807) is 35.0 Å². The summed E-state index contributed by atoms with van der Waals surface area (Å²) in [6.45, 7) is 0.165. The molecule has 0 saturated carbocycles. The van der Waals surface area contributed by atoms with Crippen LogP contribution >= 0.6 is 23.4 Å². The van der Waals surface area contributed by atoms with E-state index < -0.39 is 5.97 Å². The van der Waals surface area contributed by atoms with Gasteiger partial charge in [0.15, 0.2) is 0 Å². The lowest BCUT2D eigenvalue weighted by atomic mass is 10.1. The number of halogens is 1. The van der Waals surface area contributed by atoms with Gasteiger partial charge in [-0.15, -0.1) is 10.2 Å². The fraction of sp³-hybridized carbons (Fsp3) is 0.0476. The number of hydrogen-bond donors (Lipinski definition) is 1. The van der Waals surface area contributed by atoms with Crippen molar-refractivity contribution in [2.75, 3.05) is 0 Å². The van der Waals surface area contributed by atoms with Crippen LogP contribution in [0.15, 0.2) is 69.3 Å². The van der Waals surface area contributed by atoms with Gasteiger partial charge in [-0.2, -0.15) is 5.26 Å². The van der Waals surface area contributed by atoms with Gasteiger partial charge in [0.1, 0.15) is 11.4 Å². The van der Waals surface area contributed by atoms with Gasteiger partial charge >= 0.3 is 5.97 Å². The van der Waals surface area contributed by atoms with E-state index in [0.29, 0.717) is 16.1 Å². The van der Waals surface area contributed by atoms with Crippen LogP contribution in [-0.2, 0) is 11.3 Å². The molecule has 1 N–H and O–H groups in total. The van der Waals surface area contributed by atoms with Gasteiger partial charge in [0.2, 0.25) is 5.89 Å². The summed E-state index contributed by atoms with van der Waals surface area (Å²) in [6, 6.07) is 16.5. The molecule has 30 heavy (non-hydrogen) atoms. The quantitative estimate of drug-likeness (QED) is 0.331. The van der Waals surface area contributed by atoms with Crippen molar-refractivity contribution in [3.8, 4) is 17.5 Å². The molecule has 7 nitrogen and oxygen atoms in total. The summed E-state index contributed by atoms with van der Waals surface area (Å²) in [5.41, 5.74) is 2.21. The highest BCUT2D eigenvalue weighted by atomic mass is 35.5. The highest BCUT2D eigenvalue weighted by Gasteiger charge is 2.17. The first-order valence-corrected chi connectivity index (χ1v) is 9.91. The molecule has 2 heterocycles. The Hall–Kier alpha value is -3.54. The van der Waals surface area contributed by atoms with Crippen molar-refractivity contribution < 1.29 is 14.3 Å². The summed E-state index contributed by atoms with van der Waals surface area (Å²) in [4.78, 5) is 11.9. The van der Waals surface area contributed by atoms with E-state index in [2.05, 4.69) is 16.3 Å². The average molecular weight is 437 g/mol. The lowest BCUT2D eigenvalue weighted by molar-refractivity contribution is -0.131. The first kappa shape index (κ1) is 19.8. The fourth-order valence-electron chi connectivity index (χ4n) is 2.93. The first-order chi connectivity index (χ1) is 14.5. The normalized spacial score (nSPS) is 11.5. The molecule has 0 aliphatic carbocycles. The number of rotatable bonds is 6. The molecular formula is C21H13ClN4O3S. The molecule has 0 saturated heterocycles. The summed E-state index contributed by atoms with van der Waals surface area (Å²) < 4.78 is 7.38. The van der Waals surface area contributed by atoms with Crippen molar-refractivity contribution in [1.82, 2.24) is 14.8 Å². The van der Waals surface area contributed by atoms with Crippen LogP contribution in [0.5, 0.6) is 0 Å². The molecule has 4 aromatic rings. The van der Waals surface area contributed by atoms with E-state index in [1.807, 2.05) is 24.3 Å². The van der Waals surface area contributed by atoms with E-state index in [4.69, 9.17) is 21.3 Å². The molecular weight excluding hydrogens is 424 g/mol. The van der Waals surface area contributed by atoms with Gasteiger partial charge in [-0.25, -0.2) is 4.79 Å². The van der Waals surface area contributed by atoms with Crippen LogP contribution in [0.25, 0.3) is 28.4 Å². The molecule has 148 valence electrons. The van der Waals surface area contributed by atoms with Crippen LogP contribution in [0.4, 0.5) is 0 Å². The average Bonchev–Trinajstić information content (AvgIpc) is 3.34. The highest BCUT2D eigenvalue weighted by Crippen LogP contribution is 2.32. The molecule has 0 amide bonds. The van der Waals surface area contributed by atoms with Crippen LogP contribution < -0.4 is 0 Å². The van der Waals surface area contributed by atoms with Gasteiger partial charge < -0.3 is 14.1 Å². The van der Waals surface area contributed by atoms with Gasteiger partial charge in [0.25, 0.3) is 5.22 Å². The van der Waals surface area contributed by atoms with E-state index in [9.17, 15) is 9.90 Å². The summed E-state index contributed by atoms with van der Waals surface area (Å²) in [5.74, 6) is -0.854. The van der Waals surface area contributed by atoms with Crippen LogP contribution in [-0.4, -0.2) is 25.8 Å². The summed E-state index contributed by atoms with van der Waals surface area (Å²) >= 11 is 6.75. The maximum absolute atomic E-state index is 11.8. The third kappa shape index (κ3) is 4.08. The van der Waals surface area contributed by atoms with Crippen LogP contribution in [0, 0.1) is 11.3 Å². The number of nitriles is 1. The minimum absolute atomic E-state index is 0.0150. The Balaban J connectivity index is 1.67. The number of hydrogen-bond acceptors (Lipinski definition) is 6. The van der Waals surface area contributed by atoms with Gasteiger partial charge in [-0.3, -0.25) is 0 Å². The predicted molar refractivity (Wildman–Crippen MR) is 114 cm³/mol. The maximum atomic E-state index is 11.8. The SMILES string of the molecule is N#CCn1cc(/C=C(\Sc2nnc(-c3ccc(Cl)cc3)o2)C(=O)O)c2ccccc21. The van der Waals surface area contributed by atoms with Crippen LogP contribution in [0.1, 0.15) is 5.56 Å². The van der Waals surface area contributed by atoms with Gasteiger partial charge in [-0.05, 0) is 48.2 Å². The number of carbonyl (C=O) groups is 1. The third-order valence-electron chi connectivity index (χ3n) is 4.25. The number of aliphatic carboxylic acids is 1. The number of carboxylic acid groups (broad SMARTS) is 1. The van der Waals surface area contributed by atoms with Crippen molar-refractivity contribution in [3.05, 3.63) is 70.2 Å². The predicted octanol–water partition coefficient (Wildman–Crippen LogP) is 5.09. The molecule has 0 aliphatic heterocycles. The summed E-state index contributed by atoms with van der Waals surface area (Å²) in [7, 11) is 0. The minimum atomic E-state index is -1.12. The number of fused-ring (bicyclic) bond motifs is 1. The summed E-state index contributed by atoms with van der Waals surface area (Å²) in [6.07, 6.45) is 3.29. The number of nitrogens with zero attached hydrogens (tertiary/aromatic N) is 4. The van der Waals surface area contributed by atoms with Gasteiger partial charge in [0.05, 0.1) is 6.07 Å². The Kier molecular flexibility index (Phi) is 5.57. The Morgan fingerprint density at radius 3 is 2.73 bits per heavy atom. The highest BCUT2D eigenvalue weighted by molar-refractivity contribution is 8.03. The van der Waals surface area contributed by atoms with E-state index in [1.165, 1.54) is 6.08 Å². The van der Waals surface area contributed by atoms with Crippen LogP contribution in [0.3, 0.4) is 0 Å². The number of carboxylic acids is 1. The third-order valence-corrected chi connectivity index (χ3v) is 5.36. The minimum Gasteiger partial charge on any atom is -0.477 e. The molecule has 4 rings (SSSR count). The smallest absolute Gasteiger partial charge is 0.342 e. The largest absolute Gasteiger partial charge is 0.477 e. The fourth-order valence-corrected chi connectivity index (χ4v) is 3.72. The van der Waals surface area contributed by atoms with Gasteiger partial charge in [0, 0.05) is 33.2 Å². The Morgan fingerprint density at radius 1 is 1.23 bits per heavy atom. The van der Waals surface area contributed by atoms with E-state index >= 15 is 0 Å². The van der Waals surface area contributed by atoms with Crippen molar-refractivity contribution in [3.63, 3.8) is 0 Å². The van der Waals surface area contributed by atoms with Crippen molar-refractivity contribution in [2.45, 2.75) is 11.8 Å². The zero-order valence-electron chi connectivity index (χ0n) is 15.3. The standard InChI is InChI=1S/C21H13ClN4O3S/c22-15-7-5-13(6-8-15)19-24-25-21(29-19)30-18(20(27)28)11-14-12-26(10-9-23)17-4-2-1-3-16(14)17/h1-8,11-12H,10H2,(H,27,28)/b18-11-. The summed E-state index contributed by atoms with van der Waals surface area (Å²) in [5, 5.41) is 28.2. The first-order valence-electron chi connectivity index (χ1n) is 8.72. The maximum Gasteiger partial charge on any atom is 0.342 e. The monoisotopic (exact) mass is 436 g/mol. The number of benzene rings is 2. The Labute approximate surface area is 180 Å². The zero-order valence-corrected chi connectivity index (χ0v) is 16.9. The lowest BCUT2D eigenvalue weighted by Gasteiger charge is -1.98. The second-order valence-electron chi connectivity index (χ2n) is 6.18. The topological polar surface area (TPSA) is 105 Å². The number of thioether (sulfide) groups is 1. The second-order valence-corrected chi connectivity index (χ2v) is 7.61. The Morgan fingerprint density at radius 2 is 2.00 bits per heavy atom. The lowest BCUT2D eigenvalue weighted by Crippen LogP contribution is -1.96. The molecule has 0 radical (unpaired) electrons. The number of para-hydroxylation sites is 1. The van der Waals surface area contributed by atoms with Gasteiger partial charge in [-0.1, -0.05) is 29.8 Å². The number of aromatic nitrogens is 3. The van der Waals surface area contributed by atoms with Crippen molar-refractivity contribution in [2.24, 2.45) is 0 Å². The van der Waals surface area contributed by atoms with Crippen LogP contribution in [0.2, 0.25) is 5.02 Å². The Bertz CT molecular complexity index is 1300. The molecule has 0 unspecified atom stereocenters. The zero-order chi connectivity index (χ0) is 21.1. The van der Waals surface area contributed by atoms with Crippen molar-refractivity contribution in [1.29, 1.82) is 5.26 Å². The van der Waals surface area contributed by atoms with E-state index in [-0.39, 0.29) is 22.6 Å². The molecule has 0 fully saturated rings. The molecule has 0 spiro atoms.